The summed E-state index contributed by atoms with van der Waals surface area (Å²) >= 11 is 0. The Morgan fingerprint density at radius 3 is 2.36 bits per heavy atom. The van der Waals surface area contributed by atoms with Gasteiger partial charge in [0.15, 0.2) is 0 Å². The molecule has 140 valence electrons. The molecule has 0 bridgehead atoms. The Morgan fingerprint density at radius 1 is 1.16 bits per heavy atom. The fraction of sp³-hybridized carbons (Fsp3) is 0.667. The smallest absolute Gasteiger partial charge is 0.228 e. The van der Waals surface area contributed by atoms with Gasteiger partial charge in [0.1, 0.15) is 5.75 Å². The van der Waals surface area contributed by atoms with Crippen molar-refractivity contribution in [3.05, 3.63) is 29.8 Å². The number of ether oxygens (including phenoxy) is 1. The summed E-state index contributed by atoms with van der Waals surface area (Å²) in [5.41, 5.74) is 1.28. The minimum Gasteiger partial charge on any atom is -0.494 e. The second kappa shape index (κ2) is 9.23. The molecule has 2 rings (SSSR count). The second-order valence-corrected chi connectivity index (χ2v) is 8.18. The average Bonchev–Trinajstić information content (AvgIpc) is 2.50. The summed E-state index contributed by atoms with van der Waals surface area (Å²) < 4.78 is 5.76. The maximum Gasteiger partial charge on any atom is 0.228 e. The van der Waals surface area contributed by atoms with E-state index in [0.717, 1.165) is 45.0 Å². The van der Waals surface area contributed by atoms with Crippen molar-refractivity contribution >= 4 is 5.91 Å². The molecule has 1 aliphatic rings. The minimum absolute atomic E-state index is 0.169. The lowest BCUT2D eigenvalue weighted by Gasteiger charge is -2.40. The van der Waals surface area contributed by atoms with E-state index in [4.69, 9.17) is 4.74 Å². The van der Waals surface area contributed by atoms with Crippen molar-refractivity contribution in [3.8, 4) is 5.75 Å². The second-order valence-electron chi connectivity index (χ2n) is 8.18. The lowest BCUT2D eigenvalue weighted by molar-refractivity contribution is -0.140. The number of benzene rings is 1. The number of carbonyl (C=O) groups is 1. The number of hydrogen-bond acceptors (Lipinski definition) is 3. The molecule has 4 nitrogen and oxygen atoms in total. The van der Waals surface area contributed by atoms with Crippen molar-refractivity contribution in [3.63, 3.8) is 0 Å². The van der Waals surface area contributed by atoms with Crippen LogP contribution in [0.4, 0.5) is 0 Å². The summed E-state index contributed by atoms with van der Waals surface area (Å²) in [6.45, 7) is 13.0. The zero-order valence-corrected chi connectivity index (χ0v) is 16.5. The maximum atomic E-state index is 12.3. The molecule has 0 saturated carbocycles. The van der Waals surface area contributed by atoms with Crippen LogP contribution in [-0.4, -0.2) is 49.0 Å². The van der Waals surface area contributed by atoms with Crippen LogP contribution in [0.1, 0.15) is 39.7 Å². The first-order chi connectivity index (χ1) is 11.8. The molecule has 25 heavy (non-hydrogen) atoms. The van der Waals surface area contributed by atoms with E-state index in [9.17, 15) is 4.79 Å². The predicted octanol–water partition coefficient (Wildman–Crippen LogP) is 3.66. The Morgan fingerprint density at radius 2 is 1.80 bits per heavy atom. The first-order valence-electron chi connectivity index (χ1n) is 9.54. The van der Waals surface area contributed by atoms with Crippen LogP contribution in [0.25, 0.3) is 0 Å². The largest absolute Gasteiger partial charge is 0.494 e. The number of amides is 1. The molecule has 0 aliphatic carbocycles. The first-order valence-corrected chi connectivity index (χ1v) is 9.54. The summed E-state index contributed by atoms with van der Waals surface area (Å²) in [7, 11) is 1.92. The minimum atomic E-state index is 0.169. The summed E-state index contributed by atoms with van der Waals surface area (Å²) in [5.74, 6) is 2.59. The van der Waals surface area contributed by atoms with Gasteiger partial charge < -0.3 is 9.64 Å². The average molecular weight is 347 g/mol. The molecule has 0 aromatic heterocycles. The molecule has 0 unspecified atom stereocenters. The molecule has 1 fully saturated rings. The lowest BCUT2D eigenvalue weighted by atomic mass is 9.97. The highest BCUT2D eigenvalue weighted by atomic mass is 16.5. The lowest BCUT2D eigenvalue weighted by Crippen LogP contribution is -2.53. The van der Waals surface area contributed by atoms with Crippen LogP contribution in [0.5, 0.6) is 5.75 Å². The fourth-order valence-corrected chi connectivity index (χ4v) is 3.17. The number of carbonyl (C=O) groups excluding carboxylic acids is 1. The van der Waals surface area contributed by atoms with Gasteiger partial charge in [-0.2, -0.15) is 0 Å². The van der Waals surface area contributed by atoms with Crippen LogP contribution in [-0.2, 0) is 11.3 Å². The van der Waals surface area contributed by atoms with Gasteiger partial charge in [-0.05, 0) is 36.0 Å². The van der Waals surface area contributed by atoms with E-state index in [2.05, 4.69) is 56.9 Å². The monoisotopic (exact) mass is 346 g/mol. The standard InChI is InChI=1S/C21H34N2O2/c1-16(2)10-11-25-20-8-6-18(7-9-20)13-23-14-19(15-23)21(24)22(5)12-17(3)4/h6-9,16-17,19H,10-15H2,1-5H3. The highest BCUT2D eigenvalue weighted by molar-refractivity contribution is 5.80. The van der Waals surface area contributed by atoms with Crippen LogP contribution in [0, 0.1) is 17.8 Å². The van der Waals surface area contributed by atoms with Gasteiger partial charge in [0.05, 0.1) is 12.5 Å². The Hall–Kier alpha value is -1.55. The molecule has 0 N–H and O–H groups in total. The van der Waals surface area contributed by atoms with Crippen molar-refractivity contribution in [1.29, 1.82) is 0 Å². The zero-order chi connectivity index (χ0) is 18.4. The van der Waals surface area contributed by atoms with Gasteiger partial charge in [-0.25, -0.2) is 0 Å². The quantitative estimate of drug-likeness (QED) is 0.684. The molecule has 1 amide bonds. The summed E-state index contributed by atoms with van der Waals surface area (Å²) in [5, 5.41) is 0. The van der Waals surface area contributed by atoms with Crippen molar-refractivity contribution in [2.75, 3.05) is 33.3 Å². The Bertz CT molecular complexity index is 533. The highest BCUT2D eigenvalue weighted by Gasteiger charge is 2.34. The SMILES string of the molecule is CC(C)CCOc1ccc(CN2CC(C(=O)N(C)CC(C)C)C2)cc1. The predicted molar refractivity (Wildman–Crippen MR) is 103 cm³/mol. The van der Waals surface area contributed by atoms with E-state index in [-0.39, 0.29) is 5.92 Å². The number of rotatable bonds is 9. The van der Waals surface area contributed by atoms with Gasteiger partial charge in [0, 0.05) is 33.2 Å². The molecule has 4 heteroatoms. The van der Waals surface area contributed by atoms with Crippen LogP contribution in [0.15, 0.2) is 24.3 Å². The Balaban J connectivity index is 1.71. The molecular formula is C21H34N2O2. The van der Waals surface area contributed by atoms with Gasteiger partial charge in [-0.1, -0.05) is 39.8 Å². The number of hydrogen-bond donors (Lipinski definition) is 0. The van der Waals surface area contributed by atoms with Gasteiger partial charge >= 0.3 is 0 Å². The van der Waals surface area contributed by atoms with Gasteiger partial charge in [-0.3, -0.25) is 9.69 Å². The van der Waals surface area contributed by atoms with Crippen molar-refractivity contribution in [2.24, 2.45) is 17.8 Å². The molecule has 1 heterocycles. The van der Waals surface area contributed by atoms with E-state index < -0.39 is 0 Å². The van der Waals surface area contributed by atoms with E-state index in [1.807, 2.05) is 11.9 Å². The molecule has 1 aromatic carbocycles. The number of likely N-dealkylation sites (tertiary alicyclic amines) is 1. The van der Waals surface area contributed by atoms with E-state index in [1.54, 1.807) is 0 Å². The third-order valence-corrected chi connectivity index (χ3v) is 4.62. The van der Waals surface area contributed by atoms with Crippen LogP contribution in [0.2, 0.25) is 0 Å². The van der Waals surface area contributed by atoms with E-state index in [1.165, 1.54) is 5.56 Å². The maximum absolute atomic E-state index is 12.3. The molecule has 0 radical (unpaired) electrons. The van der Waals surface area contributed by atoms with Crippen molar-refractivity contribution < 1.29 is 9.53 Å². The van der Waals surface area contributed by atoms with Crippen LogP contribution in [0.3, 0.4) is 0 Å². The molecule has 1 aliphatic heterocycles. The van der Waals surface area contributed by atoms with E-state index >= 15 is 0 Å². The third kappa shape index (κ3) is 6.35. The number of nitrogens with zero attached hydrogens (tertiary/aromatic N) is 2. The highest BCUT2D eigenvalue weighted by Crippen LogP contribution is 2.22. The van der Waals surface area contributed by atoms with Crippen molar-refractivity contribution in [1.82, 2.24) is 9.80 Å². The summed E-state index contributed by atoms with van der Waals surface area (Å²) in [6.07, 6.45) is 1.08. The molecule has 1 aromatic rings. The Kier molecular flexibility index (Phi) is 7.30. The third-order valence-electron chi connectivity index (χ3n) is 4.62. The van der Waals surface area contributed by atoms with Crippen LogP contribution < -0.4 is 4.74 Å². The first kappa shape index (κ1) is 19.8. The molecule has 1 saturated heterocycles. The van der Waals surface area contributed by atoms with Gasteiger partial charge in [0.2, 0.25) is 5.91 Å². The van der Waals surface area contributed by atoms with Crippen molar-refractivity contribution in [2.45, 2.75) is 40.7 Å². The van der Waals surface area contributed by atoms with E-state index in [0.29, 0.717) is 17.7 Å². The topological polar surface area (TPSA) is 32.8 Å². The molecule has 0 atom stereocenters. The normalized spacial score (nSPS) is 15.5. The van der Waals surface area contributed by atoms with Crippen LogP contribution >= 0.6 is 0 Å². The summed E-state index contributed by atoms with van der Waals surface area (Å²) in [4.78, 5) is 16.6. The fourth-order valence-electron chi connectivity index (χ4n) is 3.17. The molecular weight excluding hydrogens is 312 g/mol. The van der Waals surface area contributed by atoms with Gasteiger partial charge in [0.25, 0.3) is 0 Å². The molecule has 0 spiro atoms. The zero-order valence-electron chi connectivity index (χ0n) is 16.5. The summed E-state index contributed by atoms with van der Waals surface area (Å²) in [6, 6.07) is 8.36. The Labute approximate surface area is 153 Å². The van der Waals surface area contributed by atoms with Gasteiger partial charge in [-0.15, -0.1) is 0 Å².